The minimum atomic E-state index is -1.10. The highest BCUT2D eigenvalue weighted by atomic mass is 32.2. The molecule has 41 heavy (non-hydrogen) atoms. The van der Waals surface area contributed by atoms with Crippen molar-refractivity contribution in [1.82, 2.24) is 25.7 Å². The molecule has 1 aliphatic carbocycles. The lowest BCUT2D eigenvalue weighted by Gasteiger charge is -2.37. The summed E-state index contributed by atoms with van der Waals surface area (Å²) in [5.41, 5.74) is 0.460. The zero-order chi connectivity index (χ0) is 29.4. The number of ketones is 1. The first kappa shape index (κ1) is 31.2. The third-order valence-electron chi connectivity index (χ3n) is 7.48. The molecule has 0 bridgehead atoms. The van der Waals surface area contributed by atoms with Crippen molar-refractivity contribution in [3.05, 3.63) is 41.3 Å². The molecule has 2 aliphatic rings. The second-order valence-electron chi connectivity index (χ2n) is 11.7. The number of hydrogen-bond acceptors (Lipinski definition) is 9. The smallest absolute Gasteiger partial charge is 0.286 e. The van der Waals surface area contributed by atoms with Crippen LogP contribution < -0.4 is 10.6 Å². The van der Waals surface area contributed by atoms with Crippen LogP contribution in [-0.2, 0) is 16.1 Å². The van der Waals surface area contributed by atoms with Gasteiger partial charge in [0.1, 0.15) is 5.54 Å². The van der Waals surface area contributed by atoms with Gasteiger partial charge in [0.15, 0.2) is 0 Å². The summed E-state index contributed by atoms with van der Waals surface area (Å²) in [4.78, 5) is 43.2. The largest absolute Gasteiger partial charge is 0.408 e. The lowest BCUT2D eigenvalue weighted by atomic mass is 9.80. The normalized spacial score (nSPS) is 18.3. The number of ether oxygens (including phenoxy) is 1. The van der Waals surface area contributed by atoms with Crippen molar-refractivity contribution >= 4 is 29.4 Å². The van der Waals surface area contributed by atoms with Gasteiger partial charge in [-0.05, 0) is 42.9 Å². The van der Waals surface area contributed by atoms with Crippen LogP contribution in [-0.4, -0.2) is 75.8 Å². The summed E-state index contributed by atoms with van der Waals surface area (Å²) >= 11 is 1.38. The van der Waals surface area contributed by atoms with Crippen molar-refractivity contribution < 1.29 is 23.5 Å². The molecule has 1 aromatic heterocycles. The van der Waals surface area contributed by atoms with Crippen LogP contribution in [0.5, 0.6) is 0 Å². The molecule has 2 N–H and O–H groups in total. The maximum absolute atomic E-state index is 13.9. The summed E-state index contributed by atoms with van der Waals surface area (Å²) in [5, 5.41) is 14.5. The summed E-state index contributed by atoms with van der Waals surface area (Å²) in [6.45, 7) is 11.8. The van der Waals surface area contributed by atoms with Gasteiger partial charge in [-0.15, -0.1) is 10.2 Å². The van der Waals surface area contributed by atoms with E-state index < -0.39 is 17.4 Å². The fourth-order valence-electron chi connectivity index (χ4n) is 5.39. The summed E-state index contributed by atoms with van der Waals surface area (Å²) < 4.78 is 11.1. The second-order valence-corrected chi connectivity index (χ2v) is 13.3. The number of hydrogen-bond donors (Lipinski definition) is 2. The van der Waals surface area contributed by atoms with Crippen molar-refractivity contribution in [2.75, 3.05) is 26.3 Å². The minimum Gasteiger partial charge on any atom is -0.408 e. The number of carbonyl (C=O) groups is 3. The van der Waals surface area contributed by atoms with Crippen LogP contribution in [0.1, 0.15) is 92.8 Å². The van der Waals surface area contributed by atoms with Crippen molar-refractivity contribution in [1.29, 1.82) is 0 Å². The quantitative estimate of drug-likeness (QED) is 0.278. The molecule has 10 nitrogen and oxygen atoms in total. The van der Waals surface area contributed by atoms with Crippen LogP contribution in [0, 0.1) is 5.92 Å². The maximum Gasteiger partial charge on any atom is 0.286 e. The molecule has 1 aromatic carbocycles. The predicted molar refractivity (Wildman–Crippen MR) is 157 cm³/mol. The molecule has 1 saturated carbocycles. The van der Waals surface area contributed by atoms with E-state index in [-0.39, 0.29) is 28.9 Å². The van der Waals surface area contributed by atoms with Crippen LogP contribution in [0.25, 0.3) is 0 Å². The Hall–Kier alpha value is -2.76. The number of rotatable bonds is 12. The first-order valence-electron chi connectivity index (χ1n) is 14.7. The highest BCUT2D eigenvalue weighted by molar-refractivity contribution is 7.99. The Morgan fingerprint density at radius 3 is 2.46 bits per heavy atom. The van der Waals surface area contributed by atoms with Crippen LogP contribution in [0.3, 0.4) is 0 Å². The lowest BCUT2D eigenvalue weighted by molar-refractivity contribution is -0.129. The Morgan fingerprint density at radius 1 is 1.05 bits per heavy atom. The van der Waals surface area contributed by atoms with Gasteiger partial charge in [0, 0.05) is 30.4 Å². The Balaban J connectivity index is 1.49. The van der Waals surface area contributed by atoms with E-state index in [1.165, 1.54) is 11.8 Å². The highest BCUT2D eigenvalue weighted by Gasteiger charge is 2.43. The van der Waals surface area contributed by atoms with E-state index in [2.05, 4.69) is 25.7 Å². The Labute approximate surface area is 246 Å². The molecular weight excluding hydrogens is 542 g/mol. The molecule has 4 rings (SSSR count). The molecule has 1 atom stereocenters. The zero-order valence-electron chi connectivity index (χ0n) is 24.6. The molecule has 1 saturated heterocycles. The van der Waals surface area contributed by atoms with Gasteiger partial charge in [0.25, 0.3) is 17.0 Å². The number of benzene rings is 1. The second kappa shape index (κ2) is 14.4. The number of Topliss-reactive ketones (excluding diaryl/α,β-unsaturated/α-hetero) is 1. The monoisotopic (exact) mass is 585 g/mol. The average Bonchev–Trinajstić information content (AvgIpc) is 3.41. The number of aromatic nitrogens is 2. The van der Waals surface area contributed by atoms with Gasteiger partial charge in [-0.2, -0.15) is 0 Å². The standard InChI is InChI=1S/C30H43N5O5S/c1-20(2)17-24(25(36)27-33-34-29(40-27)41-21(3)4)31-28(38)30(11-6-5-7-12-30)32-26(37)23-10-8-9-22(18-23)19-35-13-15-39-16-14-35/h8-10,18,20-21,24H,5-7,11-17,19H2,1-4H3,(H,31,38)(H,32,37). The molecule has 2 amide bonds. The first-order valence-corrected chi connectivity index (χ1v) is 15.6. The summed E-state index contributed by atoms with van der Waals surface area (Å²) in [6, 6.07) is 6.73. The van der Waals surface area contributed by atoms with E-state index in [4.69, 9.17) is 9.15 Å². The van der Waals surface area contributed by atoms with Gasteiger partial charge in [0.2, 0.25) is 11.7 Å². The third kappa shape index (κ3) is 8.62. The number of amides is 2. The summed E-state index contributed by atoms with van der Waals surface area (Å²) in [7, 11) is 0. The first-order chi connectivity index (χ1) is 19.6. The highest BCUT2D eigenvalue weighted by Crippen LogP contribution is 2.30. The molecule has 2 heterocycles. The number of nitrogens with zero attached hydrogens (tertiary/aromatic N) is 3. The maximum atomic E-state index is 13.9. The minimum absolute atomic E-state index is 0.113. The molecule has 11 heteroatoms. The molecule has 1 aliphatic heterocycles. The van der Waals surface area contributed by atoms with Gasteiger partial charge in [-0.3, -0.25) is 19.3 Å². The number of thioether (sulfide) groups is 1. The van der Waals surface area contributed by atoms with Gasteiger partial charge >= 0.3 is 0 Å². The van der Waals surface area contributed by atoms with Gasteiger partial charge in [0.05, 0.1) is 19.3 Å². The average molecular weight is 586 g/mol. The third-order valence-corrected chi connectivity index (χ3v) is 8.31. The Kier molecular flexibility index (Phi) is 11.0. The molecule has 0 radical (unpaired) electrons. The van der Waals surface area contributed by atoms with Gasteiger partial charge in [-0.1, -0.05) is 70.9 Å². The topological polar surface area (TPSA) is 127 Å². The molecular formula is C30H43N5O5S. The molecule has 224 valence electrons. The van der Waals surface area contributed by atoms with Crippen molar-refractivity contribution in [2.45, 2.75) is 94.8 Å². The fraction of sp³-hybridized carbons (Fsp3) is 0.633. The van der Waals surface area contributed by atoms with Crippen molar-refractivity contribution in [3.8, 4) is 0 Å². The predicted octanol–water partition coefficient (Wildman–Crippen LogP) is 4.25. The Bertz CT molecular complexity index is 1190. The van der Waals surface area contributed by atoms with E-state index in [1.807, 2.05) is 45.9 Å². The molecule has 1 unspecified atom stereocenters. The fourth-order valence-corrected chi connectivity index (χ4v) is 6.01. The summed E-state index contributed by atoms with van der Waals surface area (Å²) in [6.07, 6.45) is 4.05. The van der Waals surface area contributed by atoms with Crippen LogP contribution in [0.15, 0.2) is 33.9 Å². The molecule has 0 spiro atoms. The van der Waals surface area contributed by atoms with E-state index >= 15 is 0 Å². The lowest BCUT2D eigenvalue weighted by Crippen LogP contribution is -2.62. The zero-order valence-corrected chi connectivity index (χ0v) is 25.4. The van der Waals surface area contributed by atoms with Crippen LogP contribution >= 0.6 is 11.8 Å². The number of carbonyl (C=O) groups excluding carboxylic acids is 3. The van der Waals surface area contributed by atoms with Crippen molar-refractivity contribution in [3.63, 3.8) is 0 Å². The Morgan fingerprint density at radius 2 is 1.78 bits per heavy atom. The molecule has 2 fully saturated rings. The van der Waals surface area contributed by atoms with E-state index in [1.54, 1.807) is 6.07 Å². The van der Waals surface area contributed by atoms with E-state index in [9.17, 15) is 14.4 Å². The van der Waals surface area contributed by atoms with Crippen LogP contribution in [0.2, 0.25) is 0 Å². The summed E-state index contributed by atoms with van der Waals surface area (Å²) in [5.74, 6) is -1.03. The van der Waals surface area contributed by atoms with Crippen LogP contribution in [0.4, 0.5) is 0 Å². The van der Waals surface area contributed by atoms with E-state index in [0.29, 0.717) is 43.3 Å². The number of morpholine rings is 1. The SMILES string of the molecule is CC(C)CC(NC(=O)C1(NC(=O)c2cccc(CN3CCOCC3)c2)CCCCC1)C(=O)c1nnc(SC(C)C)o1. The van der Waals surface area contributed by atoms with Gasteiger partial charge < -0.3 is 19.8 Å². The van der Waals surface area contributed by atoms with Gasteiger partial charge in [-0.25, -0.2) is 0 Å². The molecule has 2 aromatic rings. The van der Waals surface area contributed by atoms with Crippen molar-refractivity contribution in [2.24, 2.45) is 5.92 Å². The van der Waals surface area contributed by atoms with E-state index in [0.717, 1.165) is 44.5 Å². The number of nitrogens with one attached hydrogen (secondary N) is 2.